The van der Waals surface area contributed by atoms with Gasteiger partial charge in [0.2, 0.25) is 0 Å². The minimum Gasteiger partial charge on any atom is -0.356 e. The highest BCUT2D eigenvalue weighted by Gasteiger charge is 2.20. The fourth-order valence-corrected chi connectivity index (χ4v) is 3.65. The van der Waals surface area contributed by atoms with Crippen molar-refractivity contribution >= 4 is 17.3 Å². The topological polar surface area (TPSA) is 52.6 Å². The van der Waals surface area contributed by atoms with E-state index in [1.165, 1.54) is 35.8 Å². The summed E-state index contributed by atoms with van der Waals surface area (Å²) in [4.78, 5) is 12.6. The maximum atomic E-state index is 4.39. The van der Waals surface area contributed by atoms with E-state index in [9.17, 15) is 0 Å². The molecule has 0 aliphatic carbocycles. The second-order valence-corrected chi connectivity index (χ2v) is 7.88. The van der Waals surface area contributed by atoms with Crippen LogP contribution in [-0.4, -0.2) is 55.1 Å². The average Bonchev–Trinajstić information content (AvgIpc) is 2.96. The smallest absolute Gasteiger partial charge is 0.191 e. The molecule has 1 atom stereocenters. The van der Waals surface area contributed by atoms with Crippen LogP contribution in [0.5, 0.6) is 0 Å². The zero-order valence-corrected chi connectivity index (χ0v) is 15.7. The van der Waals surface area contributed by atoms with Crippen molar-refractivity contribution in [1.29, 1.82) is 0 Å². The molecule has 0 bridgehead atoms. The number of guanidine groups is 1. The third-order valence-corrected chi connectivity index (χ3v) is 5.50. The lowest BCUT2D eigenvalue weighted by atomic mass is 9.98. The first-order valence-corrected chi connectivity index (χ1v) is 9.50. The molecule has 2 rings (SSSR count). The van der Waals surface area contributed by atoms with Crippen LogP contribution in [0.25, 0.3) is 0 Å². The van der Waals surface area contributed by atoms with Gasteiger partial charge in [0.1, 0.15) is 0 Å². The number of rotatable bonds is 6. The molecule has 1 aliphatic heterocycles. The first-order valence-electron chi connectivity index (χ1n) is 8.68. The Kier molecular flexibility index (Phi) is 7.30. The SMILES string of the molecule is CN=C(NCCc1ncc(C)s1)NCC(C)N1CCC(C)CC1. The molecule has 0 spiro atoms. The predicted octanol–water partition coefficient (Wildman–Crippen LogP) is 2.28. The summed E-state index contributed by atoms with van der Waals surface area (Å²) in [6, 6.07) is 0.544. The maximum absolute atomic E-state index is 4.39. The summed E-state index contributed by atoms with van der Waals surface area (Å²) >= 11 is 1.77. The first kappa shape index (κ1) is 18.2. The van der Waals surface area contributed by atoms with Gasteiger partial charge in [0, 0.05) is 43.7 Å². The zero-order valence-electron chi connectivity index (χ0n) is 14.9. The van der Waals surface area contributed by atoms with E-state index in [0.29, 0.717) is 6.04 Å². The van der Waals surface area contributed by atoms with Crippen LogP contribution in [0.4, 0.5) is 0 Å². The second-order valence-electron chi connectivity index (χ2n) is 6.56. The quantitative estimate of drug-likeness (QED) is 0.618. The van der Waals surface area contributed by atoms with E-state index in [1.807, 2.05) is 13.2 Å². The van der Waals surface area contributed by atoms with Gasteiger partial charge in [0.15, 0.2) is 5.96 Å². The molecule has 1 fully saturated rings. The molecule has 1 aromatic rings. The molecule has 2 heterocycles. The van der Waals surface area contributed by atoms with E-state index in [2.05, 4.69) is 46.3 Å². The summed E-state index contributed by atoms with van der Waals surface area (Å²) in [7, 11) is 1.83. The van der Waals surface area contributed by atoms with E-state index >= 15 is 0 Å². The highest BCUT2D eigenvalue weighted by molar-refractivity contribution is 7.11. The minimum atomic E-state index is 0.544. The maximum Gasteiger partial charge on any atom is 0.191 e. The molecule has 2 N–H and O–H groups in total. The van der Waals surface area contributed by atoms with E-state index in [1.54, 1.807) is 11.3 Å². The molecule has 6 heteroatoms. The Bertz CT molecular complexity index is 491. The Morgan fingerprint density at radius 2 is 2.17 bits per heavy atom. The lowest BCUT2D eigenvalue weighted by Gasteiger charge is -2.35. The number of piperidine rings is 1. The van der Waals surface area contributed by atoms with Gasteiger partial charge in [0.05, 0.1) is 5.01 Å². The van der Waals surface area contributed by atoms with E-state index in [-0.39, 0.29) is 0 Å². The lowest BCUT2D eigenvalue weighted by Crippen LogP contribution is -2.48. The molecule has 0 saturated carbocycles. The molecule has 1 saturated heterocycles. The number of aromatic nitrogens is 1. The third-order valence-electron chi connectivity index (χ3n) is 4.53. The van der Waals surface area contributed by atoms with Gasteiger partial charge in [-0.15, -0.1) is 11.3 Å². The highest BCUT2D eigenvalue weighted by Crippen LogP contribution is 2.17. The van der Waals surface area contributed by atoms with Gasteiger partial charge in [-0.1, -0.05) is 6.92 Å². The molecule has 1 unspecified atom stereocenters. The van der Waals surface area contributed by atoms with Gasteiger partial charge >= 0.3 is 0 Å². The molecular formula is C17H31N5S. The summed E-state index contributed by atoms with van der Waals surface area (Å²) in [6.07, 6.45) is 5.53. The van der Waals surface area contributed by atoms with Crippen molar-refractivity contribution in [3.05, 3.63) is 16.1 Å². The largest absolute Gasteiger partial charge is 0.356 e. The lowest BCUT2D eigenvalue weighted by molar-refractivity contribution is 0.147. The van der Waals surface area contributed by atoms with Crippen molar-refractivity contribution in [3.63, 3.8) is 0 Å². The summed E-state index contributed by atoms with van der Waals surface area (Å²) in [5.74, 6) is 1.77. The Morgan fingerprint density at radius 3 is 2.78 bits per heavy atom. The average molecular weight is 338 g/mol. The van der Waals surface area contributed by atoms with Crippen LogP contribution in [0, 0.1) is 12.8 Å². The molecule has 5 nitrogen and oxygen atoms in total. The second kappa shape index (κ2) is 9.23. The van der Waals surface area contributed by atoms with Crippen LogP contribution in [-0.2, 0) is 6.42 Å². The fraction of sp³-hybridized carbons (Fsp3) is 0.765. The standard InChI is InChI=1S/C17H31N5S/c1-13-6-9-22(10-7-13)14(2)11-21-17(18-4)19-8-5-16-20-12-15(3)23-16/h12-14H,5-11H2,1-4H3,(H2,18,19,21). The molecule has 0 aromatic carbocycles. The van der Waals surface area contributed by atoms with Crippen LogP contribution in [0.15, 0.2) is 11.2 Å². The van der Waals surface area contributed by atoms with E-state index in [4.69, 9.17) is 0 Å². The van der Waals surface area contributed by atoms with Gasteiger partial charge < -0.3 is 10.6 Å². The fourth-order valence-electron chi connectivity index (χ4n) is 2.87. The highest BCUT2D eigenvalue weighted by atomic mass is 32.1. The summed E-state index contributed by atoms with van der Waals surface area (Å²) in [5, 5.41) is 8.01. The van der Waals surface area contributed by atoms with E-state index in [0.717, 1.165) is 31.4 Å². The zero-order chi connectivity index (χ0) is 16.7. The van der Waals surface area contributed by atoms with Crippen LogP contribution < -0.4 is 10.6 Å². The number of nitrogens with one attached hydrogen (secondary N) is 2. The van der Waals surface area contributed by atoms with Crippen molar-refractivity contribution in [2.45, 2.75) is 46.1 Å². The monoisotopic (exact) mass is 337 g/mol. The number of hydrogen-bond acceptors (Lipinski definition) is 4. The Morgan fingerprint density at radius 1 is 1.43 bits per heavy atom. The van der Waals surface area contributed by atoms with Crippen molar-refractivity contribution in [1.82, 2.24) is 20.5 Å². The van der Waals surface area contributed by atoms with Gasteiger partial charge in [-0.25, -0.2) is 4.98 Å². The van der Waals surface area contributed by atoms with E-state index < -0.39 is 0 Å². The Hall–Kier alpha value is -1.14. The van der Waals surface area contributed by atoms with Gasteiger partial charge in [-0.05, 0) is 45.7 Å². The molecule has 130 valence electrons. The molecule has 0 amide bonds. The van der Waals surface area contributed by atoms with Crippen molar-refractivity contribution in [3.8, 4) is 0 Å². The summed E-state index contributed by atoms with van der Waals surface area (Å²) < 4.78 is 0. The minimum absolute atomic E-state index is 0.544. The summed E-state index contributed by atoms with van der Waals surface area (Å²) in [5.41, 5.74) is 0. The van der Waals surface area contributed by atoms with Crippen LogP contribution in [0.3, 0.4) is 0 Å². The number of likely N-dealkylation sites (tertiary alicyclic amines) is 1. The number of thiazole rings is 1. The van der Waals surface area contributed by atoms with Gasteiger partial charge in [0.25, 0.3) is 0 Å². The first-order chi connectivity index (χ1) is 11.1. The number of aryl methyl sites for hydroxylation is 1. The normalized spacial score (nSPS) is 18.9. The van der Waals surface area contributed by atoms with Crippen LogP contribution >= 0.6 is 11.3 Å². The van der Waals surface area contributed by atoms with Gasteiger partial charge in [-0.2, -0.15) is 0 Å². The molecule has 0 radical (unpaired) electrons. The molecule has 1 aromatic heterocycles. The third kappa shape index (κ3) is 6.11. The molecule has 23 heavy (non-hydrogen) atoms. The van der Waals surface area contributed by atoms with Crippen molar-refractivity contribution < 1.29 is 0 Å². The molecule has 1 aliphatic rings. The predicted molar refractivity (Wildman–Crippen MR) is 99.4 cm³/mol. The molecular weight excluding hydrogens is 306 g/mol. The van der Waals surface area contributed by atoms with Gasteiger partial charge in [-0.3, -0.25) is 9.89 Å². The number of nitrogens with zero attached hydrogens (tertiary/aromatic N) is 3. The Balaban J connectivity index is 1.66. The van der Waals surface area contributed by atoms with Crippen molar-refractivity contribution in [2.75, 3.05) is 33.2 Å². The Labute approximate surface area is 144 Å². The summed E-state index contributed by atoms with van der Waals surface area (Å²) in [6.45, 7) is 11.0. The van der Waals surface area contributed by atoms with Crippen LogP contribution in [0.2, 0.25) is 0 Å². The van der Waals surface area contributed by atoms with Crippen LogP contribution in [0.1, 0.15) is 36.6 Å². The number of hydrogen-bond donors (Lipinski definition) is 2. The van der Waals surface area contributed by atoms with Crippen molar-refractivity contribution in [2.24, 2.45) is 10.9 Å². The number of aliphatic imine (C=N–C) groups is 1.